The first-order chi connectivity index (χ1) is 7.31. The largest absolute Gasteiger partial charge is 0.344 e. The van der Waals surface area contributed by atoms with Gasteiger partial charge in [0.1, 0.15) is 11.5 Å². The van der Waals surface area contributed by atoms with Crippen molar-refractivity contribution < 1.29 is 4.79 Å². The van der Waals surface area contributed by atoms with E-state index < -0.39 is 5.91 Å². The molecular weight excluding hydrogens is 192 g/mol. The van der Waals surface area contributed by atoms with Crippen LogP contribution in [0.25, 0.3) is 11.4 Å². The van der Waals surface area contributed by atoms with Crippen LogP contribution in [-0.4, -0.2) is 15.9 Å². The second-order valence-corrected chi connectivity index (χ2v) is 2.97. The number of nitrogen functional groups attached to an aromatic ring is 1. The molecule has 0 bridgehead atoms. The first-order valence-electron chi connectivity index (χ1n) is 4.43. The number of H-pyrrole nitrogens is 1. The second kappa shape index (κ2) is 3.93. The number of benzene rings is 1. The molecule has 0 saturated heterocycles. The number of aromatic nitrogens is 2. The summed E-state index contributed by atoms with van der Waals surface area (Å²) in [5.41, 5.74) is 3.22. The van der Waals surface area contributed by atoms with Crippen molar-refractivity contribution in [3.05, 3.63) is 42.2 Å². The quantitative estimate of drug-likeness (QED) is 0.380. The molecule has 0 aliphatic carbocycles. The molecule has 5 nitrogen and oxygen atoms in total. The van der Waals surface area contributed by atoms with E-state index in [2.05, 4.69) is 9.97 Å². The predicted molar refractivity (Wildman–Crippen MR) is 55.7 cm³/mol. The summed E-state index contributed by atoms with van der Waals surface area (Å²) in [6.07, 6.45) is 1.52. The van der Waals surface area contributed by atoms with E-state index in [1.807, 2.05) is 35.8 Å². The molecule has 76 valence electrons. The SMILES string of the molecule is NNC(=O)c1c[nH]c(-c2ccccc2)n1. The minimum Gasteiger partial charge on any atom is -0.344 e. The summed E-state index contributed by atoms with van der Waals surface area (Å²) in [4.78, 5) is 18.2. The Morgan fingerprint density at radius 2 is 2.07 bits per heavy atom. The fraction of sp³-hybridized carbons (Fsp3) is 0. The van der Waals surface area contributed by atoms with Crippen LogP contribution < -0.4 is 11.3 Å². The lowest BCUT2D eigenvalue weighted by Gasteiger charge is -1.94. The maximum absolute atomic E-state index is 11.1. The molecule has 0 aliphatic rings. The van der Waals surface area contributed by atoms with Gasteiger partial charge in [-0.15, -0.1) is 0 Å². The Morgan fingerprint density at radius 3 is 2.73 bits per heavy atom. The molecule has 4 N–H and O–H groups in total. The normalized spacial score (nSPS) is 9.93. The molecule has 1 heterocycles. The zero-order valence-electron chi connectivity index (χ0n) is 7.90. The fourth-order valence-corrected chi connectivity index (χ4v) is 1.26. The van der Waals surface area contributed by atoms with Crippen molar-refractivity contribution in [3.63, 3.8) is 0 Å². The van der Waals surface area contributed by atoms with E-state index in [-0.39, 0.29) is 5.69 Å². The van der Waals surface area contributed by atoms with E-state index in [4.69, 9.17) is 5.84 Å². The number of nitrogens with two attached hydrogens (primary N) is 1. The van der Waals surface area contributed by atoms with Crippen LogP contribution in [0.1, 0.15) is 10.5 Å². The van der Waals surface area contributed by atoms with Crippen molar-refractivity contribution in [1.82, 2.24) is 15.4 Å². The Hall–Kier alpha value is -2.14. The molecule has 5 heteroatoms. The van der Waals surface area contributed by atoms with Crippen molar-refractivity contribution in [2.24, 2.45) is 5.84 Å². The van der Waals surface area contributed by atoms with Gasteiger partial charge in [0.05, 0.1) is 0 Å². The highest BCUT2D eigenvalue weighted by Crippen LogP contribution is 2.14. The van der Waals surface area contributed by atoms with Gasteiger partial charge in [-0.3, -0.25) is 10.2 Å². The van der Waals surface area contributed by atoms with Crippen molar-refractivity contribution in [2.75, 3.05) is 0 Å². The Balaban J connectivity index is 2.32. The predicted octanol–water partition coefficient (Wildman–Crippen LogP) is 0.680. The van der Waals surface area contributed by atoms with Crippen molar-refractivity contribution in [1.29, 1.82) is 0 Å². The van der Waals surface area contributed by atoms with Crippen LogP contribution in [0, 0.1) is 0 Å². The number of nitrogens with zero attached hydrogens (tertiary/aromatic N) is 1. The average Bonchev–Trinajstić information content (AvgIpc) is 2.78. The van der Waals surface area contributed by atoms with Gasteiger partial charge in [-0.25, -0.2) is 10.8 Å². The molecule has 15 heavy (non-hydrogen) atoms. The van der Waals surface area contributed by atoms with E-state index in [0.717, 1.165) is 5.56 Å². The smallest absolute Gasteiger partial charge is 0.285 e. The standard InChI is InChI=1S/C10H10N4O/c11-14-10(15)8-6-12-9(13-8)7-4-2-1-3-5-7/h1-6H,11H2,(H,12,13)(H,14,15). The fourth-order valence-electron chi connectivity index (χ4n) is 1.26. The molecule has 0 radical (unpaired) electrons. The first-order valence-corrected chi connectivity index (χ1v) is 4.43. The molecule has 2 aromatic rings. The van der Waals surface area contributed by atoms with Crippen LogP contribution in [0.4, 0.5) is 0 Å². The van der Waals surface area contributed by atoms with Crippen LogP contribution in [0.3, 0.4) is 0 Å². The number of imidazole rings is 1. The summed E-state index contributed by atoms with van der Waals surface area (Å²) in [5, 5.41) is 0. The Bertz CT molecular complexity index is 463. The highest BCUT2D eigenvalue weighted by atomic mass is 16.2. The number of hydrazine groups is 1. The zero-order chi connectivity index (χ0) is 10.7. The third-order valence-electron chi connectivity index (χ3n) is 1.99. The number of aromatic amines is 1. The number of rotatable bonds is 2. The molecule has 0 fully saturated rings. The summed E-state index contributed by atoms with van der Waals surface area (Å²) < 4.78 is 0. The van der Waals surface area contributed by atoms with E-state index >= 15 is 0 Å². The van der Waals surface area contributed by atoms with Gasteiger partial charge >= 0.3 is 0 Å². The Labute approximate surface area is 86.3 Å². The van der Waals surface area contributed by atoms with Crippen LogP contribution in [-0.2, 0) is 0 Å². The molecule has 0 unspecified atom stereocenters. The average molecular weight is 202 g/mol. The molecule has 1 aromatic carbocycles. The number of hydrogen-bond acceptors (Lipinski definition) is 3. The lowest BCUT2D eigenvalue weighted by atomic mass is 10.2. The molecule has 0 atom stereocenters. The van der Waals surface area contributed by atoms with Gasteiger partial charge in [-0.05, 0) is 0 Å². The lowest BCUT2D eigenvalue weighted by molar-refractivity contribution is 0.0949. The summed E-state index contributed by atoms with van der Waals surface area (Å²) in [5.74, 6) is 5.24. The van der Waals surface area contributed by atoms with Crippen LogP contribution in [0.2, 0.25) is 0 Å². The number of amides is 1. The lowest BCUT2D eigenvalue weighted by Crippen LogP contribution is -2.30. The minimum absolute atomic E-state index is 0.274. The third kappa shape index (κ3) is 1.87. The van der Waals surface area contributed by atoms with Gasteiger partial charge in [0.2, 0.25) is 0 Å². The van der Waals surface area contributed by atoms with Crippen molar-refractivity contribution in [3.8, 4) is 11.4 Å². The van der Waals surface area contributed by atoms with Crippen LogP contribution >= 0.6 is 0 Å². The summed E-state index contributed by atoms with van der Waals surface area (Å²) in [6, 6.07) is 9.53. The number of carbonyl (C=O) groups excluding carboxylic acids is 1. The number of hydrogen-bond donors (Lipinski definition) is 3. The molecule has 1 aromatic heterocycles. The molecule has 0 saturated carbocycles. The van der Waals surface area contributed by atoms with Gasteiger partial charge in [-0.1, -0.05) is 30.3 Å². The first kappa shape index (κ1) is 9.42. The van der Waals surface area contributed by atoms with E-state index in [0.29, 0.717) is 5.82 Å². The molecule has 0 aliphatic heterocycles. The van der Waals surface area contributed by atoms with E-state index in [9.17, 15) is 4.79 Å². The van der Waals surface area contributed by atoms with E-state index in [1.165, 1.54) is 6.20 Å². The van der Waals surface area contributed by atoms with Crippen LogP contribution in [0.5, 0.6) is 0 Å². The maximum atomic E-state index is 11.1. The van der Waals surface area contributed by atoms with Crippen LogP contribution in [0.15, 0.2) is 36.5 Å². The molecular formula is C10H10N4O. The van der Waals surface area contributed by atoms with Gasteiger partial charge in [-0.2, -0.15) is 0 Å². The summed E-state index contributed by atoms with van der Waals surface area (Å²) >= 11 is 0. The molecule has 2 rings (SSSR count). The van der Waals surface area contributed by atoms with Gasteiger partial charge in [0.15, 0.2) is 0 Å². The van der Waals surface area contributed by atoms with E-state index in [1.54, 1.807) is 0 Å². The van der Waals surface area contributed by atoms with Gasteiger partial charge in [0, 0.05) is 11.8 Å². The number of carbonyl (C=O) groups is 1. The maximum Gasteiger partial charge on any atom is 0.285 e. The Kier molecular flexibility index (Phi) is 2.47. The Morgan fingerprint density at radius 1 is 1.33 bits per heavy atom. The summed E-state index contributed by atoms with van der Waals surface area (Å²) in [6.45, 7) is 0. The molecule has 1 amide bonds. The third-order valence-corrected chi connectivity index (χ3v) is 1.99. The summed E-state index contributed by atoms with van der Waals surface area (Å²) in [7, 11) is 0. The van der Waals surface area contributed by atoms with Gasteiger partial charge < -0.3 is 4.98 Å². The monoisotopic (exact) mass is 202 g/mol. The highest BCUT2D eigenvalue weighted by Gasteiger charge is 2.08. The second-order valence-electron chi connectivity index (χ2n) is 2.97. The highest BCUT2D eigenvalue weighted by molar-refractivity contribution is 5.92. The van der Waals surface area contributed by atoms with Crippen molar-refractivity contribution >= 4 is 5.91 Å². The zero-order valence-corrected chi connectivity index (χ0v) is 7.90. The minimum atomic E-state index is -0.409. The number of nitrogens with one attached hydrogen (secondary N) is 2. The topological polar surface area (TPSA) is 83.8 Å². The van der Waals surface area contributed by atoms with Gasteiger partial charge in [0.25, 0.3) is 5.91 Å². The van der Waals surface area contributed by atoms with Crippen molar-refractivity contribution in [2.45, 2.75) is 0 Å². The molecule has 0 spiro atoms.